The molecule has 19 heavy (non-hydrogen) atoms. The highest BCUT2D eigenvalue weighted by atomic mass is 16.5. The molecule has 1 rings (SSSR count). The SMILES string of the molecule is COCCn1cccc1C(=O)NCCOCC(=O)O. The van der Waals surface area contributed by atoms with Crippen molar-refractivity contribution in [2.24, 2.45) is 0 Å². The highest BCUT2D eigenvalue weighted by Gasteiger charge is 2.09. The first-order valence-electron chi connectivity index (χ1n) is 5.87. The summed E-state index contributed by atoms with van der Waals surface area (Å²) < 4.78 is 11.6. The number of carbonyl (C=O) groups excluding carboxylic acids is 1. The van der Waals surface area contributed by atoms with E-state index in [4.69, 9.17) is 14.6 Å². The van der Waals surface area contributed by atoms with Gasteiger partial charge in [0.05, 0.1) is 13.2 Å². The lowest BCUT2D eigenvalue weighted by Crippen LogP contribution is -2.29. The van der Waals surface area contributed by atoms with Gasteiger partial charge in [0.2, 0.25) is 0 Å². The predicted octanol–water partition coefficient (Wildman–Crippen LogP) is -0.0345. The summed E-state index contributed by atoms with van der Waals surface area (Å²) in [6, 6.07) is 3.49. The number of amides is 1. The van der Waals surface area contributed by atoms with Crippen molar-refractivity contribution in [2.75, 3.05) is 33.5 Å². The summed E-state index contributed by atoms with van der Waals surface area (Å²) in [6.07, 6.45) is 1.80. The molecule has 0 aromatic carbocycles. The first-order valence-corrected chi connectivity index (χ1v) is 5.87. The van der Waals surface area contributed by atoms with Crippen LogP contribution in [0.25, 0.3) is 0 Å². The van der Waals surface area contributed by atoms with Crippen molar-refractivity contribution in [2.45, 2.75) is 6.54 Å². The number of aromatic nitrogens is 1. The quantitative estimate of drug-likeness (QED) is 0.615. The Morgan fingerprint density at radius 3 is 2.89 bits per heavy atom. The fourth-order valence-electron chi connectivity index (χ4n) is 1.49. The third-order valence-corrected chi connectivity index (χ3v) is 2.36. The first-order chi connectivity index (χ1) is 9.15. The highest BCUT2D eigenvalue weighted by Crippen LogP contribution is 2.02. The Bertz CT molecular complexity index is 416. The summed E-state index contributed by atoms with van der Waals surface area (Å²) >= 11 is 0. The third kappa shape index (κ3) is 5.54. The number of carboxylic acids is 1. The van der Waals surface area contributed by atoms with E-state index in [1.54, 1.807) is 30.0 Å². The van der Waals surface area contributed by atoms with Crippen LogP contribution >= 0.6 is 0 Å². The fourth-order valence-corrected chi connectivity index (χ4v) is 1.49. The molecule has 0 aliphatic rings. The zero-order valence-electron chi connectivity index (χ0n) is 10.8. The van der Waals surface area contributed by atoms with Crippen molar-refractivity contribution in [1.82, 2.24) is 9.88 Å². The lowest BCUT2D eigenvalue weighted by Gasteiger charge is -2.09. The van der Waals surface area contributed by atoms with Gasteiger partial charge >= 0.3 is 5.97 Å². The molecule has 0 saturated carbocycles. The molecule has 0 radical (unpaired) electrons. The molecule has 1 amide bonds. The van der Waals surface area contributed by atoms with Crippen molar-refractivity contribution in [3.05, 3.63) is 24.0 Å². The van der Waals surface area contributed by atoms with Crippen LogP contribution in [0.5, 0.6) is 0 Å². The predicted molar refractivity (Wildman–Crippen MR) is 67.1 cm³/mol. The molecule has 0 aliphatic heterocycles. The Balaban J connectivity index is 2.32. The molecular formula is C12H18N2O5. The minimum Gasteiger partial charge on any atom is -0.480 e. The zero-order chi connectivity index (χ0) is 14.1. The maximum atomic E-state index is 11.8. The molecule has 2 N–H and O–H groups in total. The monoisotopic (exact) mass is 270 g/mol. The lowest BCUT2D eigenvalue weighted by molar-refractivity contribution is -0.142. The number of nitrogens with one attached hydrogen (secondary N) is 1. The van der Waals surface area contributed by atoms with E-state index in [1.165, 1.54) is 0 Å². The minimum atomic E-state index is -1.03. The molecule has 0 fully saturated rings. The molecule has 0 bridgehead atoms. The van der Waals surface area contributed by atoms with E-state index in [9.17, 15) is 9.59 Å². The fraction of sp³-hybridized carbons (Fsp3) is 0.500. The summed E-state index contributed by atoms with van der Waals surface area (Å²) in [6.45, 7) is 1.19. The van der Waals surface area contributed by atoms with Crippen molar-refractivity contribution in [3.63, 3.8) is 0 Å². The van der Waals surface area contributed by atoms with E-state index < -0.39 is 5.97 Å². The second-order valence-corrected chi connectivity index (χ2v) is 3.78. The molecule has 1 aromatic rings. The van der Waals surface area contributed by atoms with E-state index in [0.717, 1.165) is 0 Å². The molecule has 106 valence electrons. The average molecular weight is 270 g/mol. The van der Waals surface area contributed by atoms with Gasteiger partial charge < -0.3 is 24.5 Å². The summed E-state index contributed by atoms with van der Waals surface area (Å²) in [4.78, 5) is 22.0. The van der Waals surface area contributed by atoms with Crippen molar-refractivity contribution >= 4 is 11.9 Å². The molecule has 1 aromatic heterocycles. The van der Waals surface area contributed by atoms with Gasteiger partial charge in [-0.2, -0.15) is 0 Å². The van der Waals surface area contributed by atoms with Gasteiger partial charge in [-0.15, -0.1) is 0 Å². The van der Waals surface area contributed by atoms with E-state index in [-0.39, 0.29) is 25.7 Å². The van der Waals surface area contributed by atoms with Crippen LogP contribution in [-0.2, 0) is 20.8 Å². The second kappa shape index (κ2) is 8.28. The summed E-state index contributed by atoms with van der Waals surface area (Å²) in [5, 5.41) is 11.0. The normalized spacial score (nSPS) is 10.4. The van der Waals surface area contributed by atoms with Gasteiger partial charge in [0, 0.05) is 26.4 Å². The maximum Gasteiger partial charge on any atom is 0.329 e. The van der Waals surface area contributed by atoms with Crippen molar-refractivity contribution < 1.29 is 24.2 Å². The Labute approximate surface area is 111 Å². The lowest BCUT2D eigenvalue weighted by atomic mass is 10.4. The van der Waals surface area contributed by atoms with Gasteiger partial charge in [-0.25, -0.2) is 4.79 Å². The standard InChI is InChI=1S/C12H18N2O5/c1-18-8-6-14-5-2-3-10(14)12(17)13-4-7-19-9-11(15)16/h2-3,5H,4,6-9H2,1H3,(H,13,17)(H,15,16). The first kappa shape index (κ1) is 15.2. The number of hydrogen-bond acceptors (Lipinski definition) is 4. The molecule has 7 heteroatoms. The Morgan fingerprint density at radius 1 is 1.42 bits per heavy atom. The third-order valence-electron chi connectivity index (χ3n) is 2.36. The van der Waals surface area contributed by atoms with Crippen LogP contribution in [0.1, 0.15) is 10.5 Å². The van der Waals surface area contributed by atoms with Gasteiger partial charge in [0.1, 0.15) is 12.3 Å². The molecular weight excluding hydrogens is 252 g/mol. The topological polar surface area (TPSA) is 89.8 Å². The van der Waals surface area contributed by atoms with Gasteiger partial charge in [-0.05, 0) is 12.1 Å². The van der Waals surface area contributed by atoms with Crippen molar-refractivity contribution in [3.8, 4) is 0 Å². The Morgan fingerprint density at radius 2 is 2.21 bits per heavy atom. The number of aliphatic carboxylic acids is 1. The van der Waals surface area contributed by atoms with Gasteiger partial charge in [-0.3, -0.25) is 4.79 Å². The number of carbonyl (C=O) groups is 2. The minimum absolute atomic E-state index is 0.164. The number of nitrogens with zero attached hydrogens (tertiary/aromatic N) is 1. The van der Waals surface area contributed by atoms with Crippen LogP contribution in [-0.4, -0.2) is 55.0 Å². The van der Waals surface area contributed by atoms with Gasteiger partial charge in [0.25, 0.3) is 5.91 Å². The van der Waals surface area contributed by atoms with Gasteiger partial charge in [-0.1, -0.05) is 0 Å². The van der Waals surface area contributed by atoms with Crippen molar-refractivity contribution in [1.29, 1.82) is 0 Å². The van der Waals surface area contributed by atoms with Crippen LogP contribution in [0.3, 0.4) is 0 Å². The number of hydrogen-bond donors (Lipinski definition) is 2. The van der Waals surface area contributed by atoms with Crippen LogP contribution in [0.4, 0.5) is 0 Å². The summed E-state index contributed by atoms with van der Waals surface area (Å²) in [5.41, 5.74) is 0.537. The Kier molecular flexibility index (Phi) is 6.62. The molecule has 0 unspecified atom stereocenters. The molecule has 7 nitrogen and oxygen atoms in total. The second-order valence-electron chi connectivity index (χ2n) is 3.78. The maximum absolute atomic E-state index is 11.8. The van der Waals surface area contributed by atoms with Gasteiger partial charge in [0.15, 0.2) is 0 Å². The number of carboxylic acid groups (broad SMARTS) is 1. The van der Waals surface area contributed by atoms with E-state index in [0.29, 0.717) is 18.8 Å². The molecule has 0 atom stereocenters. The van der Waals surface area contributed by atoms with E-state index >= 15 is 0 Å². The number of ether oxygens (including phenoxy) is 2. The summed E-state index contributed by atoms with van der Waals surface area (Å²) in [5.74, 6) is -1.25. The highest BCUT2D eigenvalue weighted by molar-refractivity contribution is 5.92. The summed E-state index contributed by atoms with van der Waals surface area (Å²) in [7, 11) is 1.60. The molecule has 0 saturated heterocycles. The van der Waals surface area contributed by atoms with Crippen LogP contribution in [0, 0.1) is 0 Å². The molecule has 1 heterocycles. The van der Waals surface area contributed by atoms with E-state index in [1.807, 2.05) is 0 Å². The van der Waals surface area contributed by atoms with Crippen LogP contribution in [0.15, 0.2) is 18.3 Å². The number of rotatable bonds is 9. The zero-order valence-corrected chi connectivity index (χ0v) is 10.8. The average Bonchev–Trinajstić information content (AvgIpc) is 2.83. The van der Waals surface area contributed by atoms with Crippen LogP contribution in [0.2, 0.25) is 0 Å². The Hall–Kier alpha value is -1.86. The number of methoxy groups -OCH3 is 1. The van der Waals surface area contributed by atoms with E-state index in [2.05, 4.69) is 5.32 Å². The smallest absolute Gasteiger partial charge is 0.329 e. The largest absolute Gasteiger partial charge is 0.480 e. The van der Waals surface area contributed by atoms with Crippen LogP contribution < -0.4 is 5.32 Å². The molecule has 0 aliphatic carbocycles. The molecule has 0 spiro atoms.